The van der Waals surface area contributed by atoms with Crippen LogP contribution in [0.1, 0.15) is 53.4 Å². The lowest BCUT2D eigenvalue weighted by atomic mass is 9.78. The molecule has 1 saturated carbocycles. The van der Waals surface area contributed by atoms with Crippen LogP contribution in [-0.4, -0.2) is 47.8 Å². The summed E-state index contributed by atoms with van der Waals surface area (Å²) in [6.07, 6.45) is 4.54. The first-order chi connectivity index (χ1) is 9.40. The molecule has 1 saturated heterocycles. The quantitative estimate of drug-likeness (QED) is 0.861. The first-order valence-corrected chi connectivity index (χ1v) is 7.98. The van der Waals surface area contributed by atoms with Crippen molar-refractivity contribution in [1.82, 2.24) is 10.2 Å². The van der Waals surface area contributed by atoms with Gasteiger partial charge in [-0.15, -0.1) is 0 Å². The first kappa shape index (κ1) is 15.8. The highest BCUT2D eigenvalue weighted by Gasteiger charge is 2.41. The predicted octanol–water partition coefficient (Wildman–Crippen LogP) is 2.30. The summed E-state index contributed by atoms with van der Waals surface area (Å²) in [7, 11) is 0. The van der Waals surface area contributed by atoms with Crippen LogP contribution in [0, 0.1) is 11.3 Å². The standard InChI is InChI=1S/C16H29N3O/c1-5-18-16(11-17)8-6-7-14(9-16)19-10-13(2)20-15(3,4)12-19/h13-14,18H,5-10,12H2,1-4H3. The van der Waals surface area contributed by atoms with Crippen molar-refractivity contribution in [3.8, 4) is 6.07 Å². The van der Waals surface area contributed by atoms with Crippen LogP contribution in [0.2, 0.25) is 0 Å². The third-order valence-electron chi connectivity index (χ3n) is 4.57. The molecule has 2 fully saturated rings. The minimum absolute atomic E-state index is 0.0808. The summed E-state index contributed by atoms with van der Waals surface area (Å²) in [5.74, 6) is 0. The van der Waals surface area contributed by atoms with Crippen molar-refractivity contribution in [2.75, 3.05) is 19.6 Å². The lowest BCUT2D eigenvalue weighted by Gasteiger charge is -2.48. The second-order valence-electron chi connectivity index (χ2n) is 7.09. The van der Waals surface area contributed by atoms with Gasteiger partial charge in [0.15, 0.2) is 0 Å². The Morgan fingerprint density at radius 1 is 1.45 bits per heavy atom. The monoisotopic (exact) mass is 279 g/mol. The fraction of sp³-hybridized carbons (Fsp3) is 0.938. The zero-order chi connectivity index (χ0) is 14.8. The van der Waals surface area contributed by atoms with Gasteiger partial charge in [0.25, 0.3) is 0 Å². The van der Waals surface area contributed by atoms with E-state index in [1.807, 2.05) is 0 Å². The van der Waals surface area contributed by atoms with Crippen molar-refractivity contribution >= 4 is 0 Å². The van der Waals surface area contributed by atoms with Crippen LogP contribution in [0.3, 0.4) is 0 Å². The molecule has 0 amide bonds. The first-order valence-electron chi connectivity index (χ1n) is 7.98. The molecule has 3 unspecified atom stereocenters. The van der Waals surface area contributed by atoms with E-state index in [2.05, 4.69) is 44.0 Å². The SMILES string of the molecule is CCNC1(C#N)CCCC(N2CC(C)OC(C)(C)C2)C1. The van der Waals surface area contributed by atoms with E-state index < -0.39 is 0 Å². The molecule has 0 spiro atoms. The second-order valence-corrected chi connectivity index (χ2v) is 7.09. The maximum absolute atomic E-state index is 9.59. The molecule has 114 valence electrons. The van der Waals surface area contributed by atoms with Crippen LogP contribution >= 0.6 is 0 Å². The van der Waals surface area contributed by atoms with Crippen molar-refractivity contribution in [3.63, 3.8) is 0 Å². The van der Waals surface area contributed by atoms with E-state index in [-0.39, 0.29) is 17.2 Å². The van der Waals surface area contributed by atoms with Crippen molar-refractivity contribution in [2.24, 2.45) is 0 Å². The molecule has 20 heavy (non-hydrogen) atoms. The average Bonchev–Trinajstić information content (AvgIpc) is 2.37. The zero-order valence-corrected chi connectivity index (χ0v) is 13.4. The van der Waals surface area contributed by atoms with Crippen LogP contribution in [-0.2, 0) is 4.74 Å². The van der Waals surface area contributed by atoms with E-state index in [0.29, 0.717) is 6.04 Å². The van der Waals surface area contributed by atoms with Gasteiger partial charge in [0, 0.05) is 19.1 Å². The van der Waals surface area contributed by atoms with Crippen LogP contribution in [0.25, 0.3) is 0 Å². The number of hydrogen-bond donors (Lipinski definition) is 1. The molecule has 0 aromatic heterocycles. The molecular formula is C16H29N3O. The van der Waals surface area contributed by atoms with Gasteiger partial charge >= 0.3 is 0 Å². The lowest BCUT2D eigenvalue weighted by Crippen LogP contribution is -2.59. The second kappa shape index (κ2) is 6.01. The fourth-order valence-electron chi connectivity index (χ4n) is 3.98. The average molecular weight is 279 g/mol. The molecule has 0 radical (unpaired) electrons. The van der Waals surface area contributed by atoms with Crippen molar-refractivity contribution in [2.45, 2.75) is 76.7 Å². The maximum atomic E-state index is 9.59. The van der Waals surface area contributed by atoms with Gasteiger partial charge < -0.3 is 4.74 Å². The largest absolute Gasteiger partial charge is 0.370 e. The maximum Gasteiger partial charge on any atom is 0.108 e. The lowest BCUT2D eigenvalue weighted by molar-refractivity contribution is -0.141. The van der Waals surface area contributed by atoms with Crippen molar-refractivity contribution in [1.29, 1.82) is 5.26 Å². The Labute approximate surface area is 123 Å². The summed E-state index contributed by atoms with van der Waals surface area (Å²) in [5, 5.41) is 13.0. The van der Waals surface area contributed by atoms with Crippen molar-refractivity contribution < 1.29 is 4.74 Å². The molecule has 1 aliphatic carbocycles. The number of ether oxygens (including phenoxy) is 1. The molecule has 0 bridgehead atoms. The number of nitrogens with zero attached hydrogens (tertiary/aromatic N) is 2. The van der Waals surface area contributed by atoms with E-state index in [1.165, 1.54) is 6.42 Å². The molecular weight excluding hydrogens is 250 g/mol. The summed E-state index contributed by atoms with van der Waals surface area (Å²) in [6, 6.07) is 3.06. The minimum atomic E-state index is -0.316. The van der Waals surface area contributed by atoms with Crippen LogP contribution in [0.5, 0.6) is 0 Å². The number of nitrogens with one attached hydrogen (secondary N) is 1. The molecule has 1 aliphatic heterocycles. The highest BCUT2D eigenvalue weighted by atomic mass is 16.5. The van der Waals surface area contributed by atoms with Gasteiger partial charge in [-0.1, -0.05) is 6.92 Å². The Morgan fingerprint density at radius 3 is 2.80 bits per heavy atom. The number of hydrogen-bond acceptors (Lipinski definition) is 4. The van der Waals surface area contributed by atoms with Gasteiger partial charge in [-0.2, -0.15) is 5.26 Å². The van der Waals surface area contributed by atoms with Gasteiger partial charge in [-0.25, -0.2) is 0 Å². The summed E-state index contributed by atoms with van der Waals surface area (Å²) >= 11 is 0. The van der Waals surface area contributed by atoms with Gasteiger partial charge in [0.05, 0.1) is 17.8 Å². The Bertz CT molecular complexity index is 372. The highest BCUT2D eigenvalue weighted by molar-refractivity contribution is 5.11. The van der Waals surface area contributed by atoms with Gasteiger partial charge in [0.1, 0.15) is 5.54 Å². The highest BCUT2D eigenvalue weighted by Crippen LogP contribution is 2.33. The number of nitriles is 1. The molecule has 3 atom stereocenters. The Morgan fingerprint density at radius 2 is 2.20 bits per heavy atom. The summed E-state index contributed by atoms with van der Waals surface area (Å²) in [4.78, 5) is 2.55. The van der Waals surface area contributed by atoms with Gasteiger partial charge in [-0.05, 0) is 53.0 Å². The normalized spacial score (nSPS) is 38.4. The van der Waals surface area contributed by atoms with E-state index >= 15 is 0 Å². The Hall–Kier alpha value is -0.630. The summed E-state index contributed by atoms with van der Waals surface area (Å²) in [5.41, 5.74) is -0.397. The van der Waals surface area contributed by atoms with Crippen molar-refractivity contribution in [3.05, 3.63) is 0 Å². The molecule has 0 aromatic carbocycles. The van der Waals surface area contributed by atoms with E-state index in [0.717, 1.165) is 38.9 Å². The minimum Gasteiger partial charge on any atom is -0.370 e. The Kier molecular flexibility index (Phi) is 4.73. The smallest absolute Gasteiger partial charge is 0.108 e. The third-order valence-corrected chi connectivity index (χ3v) is 4.57. The Balaban J connectivity index is 2.07. The van der Waals surface area contributed by atoms with Gasteiger partial charge in [-0.3, -0.25) is 10.2 Å². The molecule has 2 aliphatic rings. The zero-order valence-electron chi connectivity index (χ0n) is 13.4. The number of rotatable bonds is 3. The van der Waals surface area contributed by atoms with E-state index in [9.17, 15) is 5.26 Å². The summed E-state index contributed by atoms with van der Waals surface area (Å²) in [6.45, 7) is 11.4. The van der Waals surface area contributed by atoms with E-state index in [1.54, 1.807) is 0 Å². The topological polar surface area (TPSA) is 48.3 Å². The van der Waals surface area contributed by atoms with Crippen LogP contribution in [0.15, 0.2) is 0 Å². The number of morpholine rings is 1. The molecule has 2 rings (SSSR count). The summed E-state index contributed by atoms with van der Waals surface area (Å²) < 4.78 is 6.00. The van der Waals surface area contributed by atoms with Crippen LogP contribution < -0.4 is 5.32 Å². The molecule has 1 heterocycles. The van der Waals surface area contributed by atoms with Gasteiger partial charge in [0.2, 0.25) is 0 Å². The van der Waals surface area contributed by atoms with E-state index in [4.69, 9.17) is 4.74 Å². The fourth-order valence-corrected chi connectivity index (χ4v) is 3.98. The molecule has 0 aromatic rings. The third kappa shape index (κ3) is 3.52. The van der Waals surface area contributed by atoms with Crippen LogP contribution in [0.4, 0.5) is 0 Å². The molecule has 4 heteroatoms. The molecule has 1 N–H and O–H groups in total. The molecule has 4 nitrogen and oxygen atoms in total. The predicted molar refractivity (Wildman–Crippen MR) is 80.5 cm³/mol.